The van der Waals surface area contributed by atoms with E-state index in [0.717, 1.165) is 11.4 Å². The van der Waals surface area contributed by atoms with Crippen LogP contribution in [0.4, 0.5) is 5.69 Å². The summed E-state index contributed by atoms with van der Waals surface area (Å²) in [5.74, 6) is -0.202. The summed E-state index contributed by atoms with van der Waals surface area (Å²) in [6.45, 7) is 0.502. The molecule has 28 heavy (non-hydrogen) atoms. The summed E-state index contributed by atoms with van der Waals surface area (Å²) < 4.78 is 1.57. The summed E-state index contributed by atoms with van der Waals surface area (Å²) in [5, 5.41) is 15.1. The van der Waals surface area contributed by atoms with Crippen LogP contribution in [0.25, 0.3) is 5.69 Å². The molecule has 1 aromatic heterocycles. The summed E-state index contributed by atoms with van der Waals surface area (Å²) in [4.78, 5) is 26.5. The summed E-state index contributed by atoms with van der Waals surface area (Å²) in [6.07, 6.45) is 0.165. The first-order chi connectivity index (χ1) is 13.6. The van der Waals surface area contributed by atoms with Crippen molar-refractivity contribution >= 4 is 29.1 Å². The van der Waals surface area contributed by atoms with Crippen LogP contribution >= 0.6 is 11.6 Å². The van der Waals surface area contributed by atoms with Gasteiger partial charge in [-0.2, -0.15) is 4.68 Å². The van der Waals surface area contributed by atoms with E-state index in [1.54, 1.807) is 33.8 Å². The Balaban J connectivity index is 1.40. The van der Waals surface area contributed by atoms with Crippen LogP contribution in [-0.2, 0) is 16.1 Å². The van der Waals surface area contributed by atoms with Gasteiger partial charge in [-0.15, -0.1) is 5.10 Å². The van der Waals surface area contributed by atoms with Crippen LogP contribution in [0.2, 0.25) is 5.02 Å². The monoisotopic (exact) mass is 396 g/mol. The standard InChI is InChI=1S/C19H17ClN6O2/c20-14-6-8-15(9-7-14)25-12-13(10-18(25)27)19(28)21-11-17-22-23-24-26(17)16-4-2-1-3-5-16/h1-9,13H,10-12H2,(H,21,28)/t13-/m1/s1. The molecular formula is C19H17ClN6O2. The third-order valence-corrected chi connectivity index (χ3v) is 4.84. The van der Waals surface area contributed by atoms with Crippen molar-refractivity contribution in [1.82, 2.24) is 25.5 Å². The van der Waals surface area contributed by atoms with E-state index in [2.05, 4.69) is 20.8 Å². The molecule has 0 unspecified atom stereocenters. The predicted octanol–water partition coefficient (Wildman–Crippen LogP) is 1.98. The number of halogens is 1. The molecular weight excluding hydrogens is 380 g/mol. The van der Waals surface area contributed by atoms with Crippen LogP contribution in [0.1, 0.15) is 12.2 Å². The molecule has 2 heterocycles. The average Bonchev–Trinajstić information content (AvgIpc) is 3.34. The minimum atomic E-state index is -0.427. The van der Waals surface area contributed by atoms with Gasteiger partial charge < -0.3 is 10.2 Å². The first-order valence-corrected chi connectivity index (χ1v) is 9.16. The number of hydrogen-bond donors (Lipinski definition) is 1. The fourth-order valence-electron chi connectivity index (χ4n) is 3.15. The van der Waals surface area contributed by atoms with Gasteiger partial charge in [0, 0.05) is 23.7 Å². The smallest absolute Gasteiger partial charge is 0.227 e. The number of anilines is 1. The molecule has 1 atom stereocenters. The Morgan fingerprint density at radius 2 is 1.86 bits per heavy atom. The molecule has 8 nitrogen and oxygen atoms in total. The van der Waals surface area contributed by atoms with Gasteiger partial charge in [0.15, 0.2) is 5.82 Å². The highest BCUT2D eigenvalue weighted by atomic mass is 35.5. The zero-order chi connectivity index (χ0) is 19.5. The first-order valence-electron chi connectivity index (χ1n) is 8.78. The van der Waals surface area contributed by atoms with Gasteiger partial charge in [0.2, 0.25) is 11.8 Å². The number of aromatic nitrogens is 4. The number of nitrogens with zero attached hydrogens (tertiary/aromatic N) is 5. The fourth-order valence-corrected chi connectivity index (χ4v) is 3.28. The van der Waals surface area contributed by atoms with Crippen molar-refractivity contribution in [3.8, 4) is 5.69 Å². The van der Waals surface area contributed by atoms with Crippen molar-refractivity contribution in [2.24, 2.45) is 5.92 Å². The summed E-state index contributed by atoms with van der Waals surface area (Å²) in [5.41, 5.74) is 1.54. The van der Waals surface area contributed by atoms with Crippen molar-refractivity contribution in [1.29, 1.82) is 0 Å². The Morgan fingerprint density at radius 3 is 2.61 bits per heavy atom. The number of amides is 2. The second kappa shape index (κ2) is 7.77. The van der Waals surface area contributed by atoms with E-state index in [9.17, 15) is 9.59 Å². The summed E-state index contributed by atoms with van der Waals surface area (Å²) in [6, 6.07) is 16.4. The molecule has 1 saturated heterocycles. The zero-order valence-corrected chi connectivity index (χ0v) is 15.6. The lowest BCUT2D eigenvalue weighted by Gasteiger charge is -2.16. The Morgan fingerprint density at radius 1 is 1.11 bits per heavy atom. The summed E-state index contributed by atoms with van der Waals surface area (Å²) in [7, 11) is 0. The number of hydrogen-bond acceptors (Lipinski definition) is 5. The number of rotatable bonds is 5. The van der Waals surface area contributed by atoms with E-state index < -0.39 is 5.92 Å². The van der Waals surface area contributed by atoms with E-state index in [0.29, 0.717) is 17.4 Å². The highest BCUT2D eigenvalue weighted by Crippen LogP contribution is 2.26. The van der Waals surface area contributed by atoms with Gasteiger partial charge in [-0.05, 0) is 46.8 Å². The Hall–Kier alpha value is -3.26. The van der Waals surface area contributed by atoms with E-state index in [4.69, 9.17) is 11.6 Å². The van der Waals surface area contributed by atoms with Crippen LogP contribution in [0, 0.1) is 5.92 Å². The molecule has 0 aliphatic carbocycles. The number of tetrazole rings is 1. The van der Waals surface area contributed by atoms with Crippen molar-refractivity contribution in [3.63, 3.8) is 0 Å². The van der Waals surface area contributed by atoms with Crippen LogP contribution in [-0.4, -0.2) is 38.6 Å². The molecule has 142 valence electrons. The molecule has 0 bridgehead atoms. The largest absolute Gasteiger partial charge is 0.348 e. The molecule has 0 radical (unpaired) electrons. The van der Waals surface area contributed by atoms with Gasteiger partial charge in [-0.25, -0.2) is 0 Å². The third kappa shape index (κ3) is 3.72. The van der Waals surface area contributed by atoms with E-state index in [1.165, 1.54) is 0 Å². The van der Waals surface area contributed by atoms with Gasteiger partial charge in [0.05, 0.1) is 18.2 Å². The summed E-state index contributed by atoms with van der Waals surface area (Å²) >= 11 is 5.90. The molecule has 1 fully saturated rings. The maximum absolute atomic E-state index is 12.6. The SMILES string of the molecule is O=C(NCc1nnnn1-c1ccccc1)[C@@H]1CC(=O)N(c2ccc(Cl)cc2)C1. The molecule has 9 heteroatoms. The molecule has 2 amide bonds. The van der Waals surface area contributed by atoms with E-state index in [1.807, 2.05) is 30.3 Å². The fraction of sp³-hybridized carbons (Fsp3) is 0.211. The van der Waals surface area contributed by atoms with Gasteiger partial charge >= 0.3 is 0 Å². The Bertz CT molecular complexity index is 989. The third-order valence-electron chi connectivity index (χ3n) is 4.59. The van der Waals surface area contributed by atoms with Crippen molar-refractivity contribution in [2.45, 2.75) is 13.0 Å². The molecule has 1 N–H and O–H groups in total. The number of carbonyl (C=O) groups excluding carboxylic acids is 2. The highest BCUT2D eigenvalue weighted by molar-refractivity contribution is 6.30. The lowest BCUT2D eigenvalue weighted by molar-refractivity contribution is -0.126. The first kappa shape index (κ1) is 18.1. The zero-order valence-electron chi connectivity index (χ0n) is 14.8. The lowest BCUT2D eigenvalue weighted by Crippen LogP contribution is -2.33. The Labute approximate surface area is 166 Å². The molecule has 0 spiro atoms. The number of benzene rings is 2. The number of carbonyl (C=O) groups is 2. The van der Waals surface area contributed by atoms with Gasteiger partial charge in [-0.1, -0.05) is 29.8 Å². The quantitative estimate of drug-likeness (QED) is 0.711. The van der Waals surface area contributed by atoms with Gasteiger partial charge in [0.25, 0.3) is 0 Å². The number of nitrogens with one attached hydrogen (secondary N) is 1. The highest BCUT2D eigenvalue weighted by Gasteiger charge is 2.35. The second-order valence-electron chi connectivity index (χ2n) is 6.44. The molecule has 1 aliphatic heterocycles. The minimum Gasteiger partial charge on any atom is -0.348 e. The van der Waals surface area contributed by atoms with Crippen molar-refractivity contribution in [2.75, 3.05) is 11.4 Å². The van der Waals surface area contributed by atoms with Crippen molar-refractivity contribution in [3.05, 3.63) is 65.4 Å². The average molecular weight is 397 g/mol. The van der Waals surface area contributed by atoms with Crippen molar-refractivity contribution < 1.29 is 9.59 Å². The van der Waals surface area contributed by atoms with Crippen LogP contribution < -0.4 is 10.2 Å². The molecule has 4 rings (SSSR count). The van der Waals surface area contributed by atoms with E-state index >= 15 is 0 Å². The second-order valence-corrected chi connectivity index (χ2v) is 6.88. The maximum atomic E-state index is 12.6. The molecule has 2 aromatic carbocycles. The van der Waals surface area contributed by atoms with Crippen LogP contribution in [0.3, 0.4) is 0 Å². The van der Waals surface area contributed by atoms with E-state index in [-0.39, 0.29) is 24.8 Å². The minimum absolute atomic E-state index is 0.0865. The predicted molar refractivity (Wildman–Crippen MR) is 103 cm³/mol. The number of para-hydroxylation sites is 1. The topological polar surface area (TPSA) is 93.0 Å². The maximum Gasteiger partial charge on any atom is 0.227 e. The Kier molecular flexibility index (Phi) is 5.03. The van der Waals surface area contributed by atoms with Gasteiger partial charge in [-0.3, -0.25) is 9.59 Å². The molecule has 1 aliphatic rings. The molecule has 0 saturated carbocycles. The van der Waals surface area contributed by atoms with Gasteiger partial charge in [0.1, 0.15) is 0 Å². The molecule has 3 aromatic rings. The van der Waals surface area contributed by atoms with Crippen LogP contribution in [0.15, 0.2) is 54.6 Å². The van der Waals surface area contributed by atoms with Crippen LogP contribution in [0.5, 0.6) is 0 Å². The normalized spacial score (nSPS) is 16.4. The lowest BCUT2D eigenvalue weighted by atomic mass is 10.1.